The lowest BCUT2D eigenvalue weighted by atomic mass is 9.78. The Balaban J connectivity index is 1.83. The van der Waals surface area contributed by atoms with Crippen molar-refractivity contribution in [2.75, 3.05) is 6.54 Å². The van der Waals surface area contributed by atoms with E-state index in [4.69, 9.17) is 14.0 Å². The number of hydrogen-bond acceptors (Lipinski definition) is 5. The molecule has 2 aliphatic heterocycles. The second-order valence-electron chi connectivity index (χ2n) is 9.91. The van der Waals surface area contributed by atoms with E-state index in [1.165, 1.54) is 11.0 Å². The number of carbonyl (C=O) groups is 1. The number of likely N-dealkylation sites (tertiary alicyclic amines) is 1. The second kappa shape index (κ2) is 7.25. The third-order valence-corrected chi connectivity index (χ3v) is 5.82. The van der Waals surface area contributed by atoms with Crippen LogP contribution in [0.5, 0.6) is 0 Å². The van der Waals surface area contributed by atoms with Crippen LogP contribution in [0.4, 0.5) is 9.18 Å². The van der Waals surface area contributed by atoms with E-state index >= 15 is 0 Å². The minimum Gasteiger partial charge on any atom is -0.444 e. The zero-order valence-corrected chi connectivity index (χ0v) is 18.3. The highest BCUT2D eigenvalue weighted by Gasteiger charge is 2.52. The van der Waals surface area contributed by atoms with Gasteiger partial charge in [-0.15, -0.1) is 0 Å². The summed E-state index contributed by atoms with van der Waals surface area (Å²) in [5.41, 5.74) is -0.862. The van der Waals surface area contributed by atoms with Crippen molar-refractivity contribution < 1.29 is 28.3 Å². The lowest BCUT2D eigenvalue weighted by Gasteiger charge is -2.32. The molecule has 6 nitrogen and oxygen atoms in total. The molecule has 0 aliphatic carbocycles. The Labute approximate surface area is 172 Å². The first kappa shape index (κ1) is 22.1. The smallest absolute Gasteiger partial charge is 0.444 e. The number of amides is 1. The van der Waals surface area contributed by atoms with Gasteiger partial charge in [0.05, 0.1) is 29.9 Å². The number of halogens is 1. The zero-order chi connectivity index (χ0) is 21.8. The average Bonchev–Trinajstić information content (AvgIpc) is 3.03. The van der Waals surface area contributed by atoms with Crippen LogP contribution in [0.25, 0.3) is 0 Å². The fraction of sp³-hybridized carbons (Fsp3) is 0.667. The van der Waals surface area contributed by atoms with Crippen molar-refractivity contribution >= 4 is 18.7 Å². The third-order valence-electron chi connectivity index (χ3n) is 5.82. The van der Waals surface area contributed by atoms with Crippen molar-refractivity contribution in [1.82, 2.24) is 4.90 Å². The molecule has 1 N–H and O–H groups in total. The van der Waals surface area contributed by atoms with Gasteiger partial charge >= 0.3 is 13.2 Å². The van der Waals surface area contributed by atoms with E-state index in [1.807, 2.05) is 27.7 Å². The minimum absolute atomic E-state index is 0.153. The molecule has 2 aliphatic rings. The van der Waals surface area contributed by atoms with Gasteiger partial charge in [-0.05, 0) is 66.5 Å². The van der Waals surface area contributed by atoms with Crippen molar-refractivity contribution in [3.05, 3.63) is 29.6 Å². The average molecular weight is 407 g/mol. The molecule has 2 heterocycles. The van der Waals surface area contributed by atoms with E-state index in [2.05, 4.69) is 0 Å². The summed E-state index contributed by atoms with van der Waals surface area (Å²) in [5, 5.41) is 10.1. The normalized spacial score (nSPS) is 26.1. The summed E-state index contributed by atoms with van der Waals surface area (Å²) < 4.78 is 32.3. The van der Waals surface area contributed by atoms with E-state index in [9.17, 15) is 14.3 Å². The van der Waals surface area contributed by atoms with Crippen LogP contribution in [0.2, 0.25) is 0 Å². The molecular formula is C21H31BFNO5. The van der Waals surface area contributed by atoms with Gasteiger partial charge in [0.25, 0.3) is 0 Å². The quantitative estimate of drug-likeness (QED) is 0.763. The maximum atomic E-state index is 15.0. The molecule has 160 valence electrons. The Bertz CT molecular complexity index is 776. The van der Waals surface area contributed by atoms with E-state index in [0.29, 0.717) is 17.4 Å². The molecule has 2 atom stereocenters. The maximum absolute atomic E-state index is 15.0. The highest BCUT2D eigenvalue weighted by molar-refractivity contribution is 6.62. The van der Waals surface area contributed by atoms with Crippen molar-refractivity contribution in [3.63, 3.8) is 0 Å². The topological polar surface area (TPSA) is 68.2 Å². The number of hydrogen-bond donors (Lipinski definition) is 1. The van der Waals surface area contributed by atoms with Crippen molar-refractivity contribution in [2.45, 2.75) is 83.8 Å². The largest absolute Gasteiger partial charge is 0.497 e. The Kier molecular flexibility index (Phi) is 5.52. The summed E-state index contributed by atoms with van der Waals surface area (Å²) in [4.78, 5) is 14.0. The zero-order valence-electron chi connectivity index (χ0n) is 18.3. The molecule has 0 radical (unpaired) electrons. The van der Waals surface area contributed by atoms with Crippen molar-refractivity contribution in [3.8, 4) is 0 Å². The molecule has 29 heavy (non-hydrogen) atoms. The van der Waals surface area contributed by atoms with Gasteiger partial charge in [-0.2, -0.15) is 0 Å². The molecule has 1 aromatic rings. The molecule has 0 unspecified atom stereocenters. The predicted octanol–water partition coefficient (Wildman–Crippen LogP) is 3.17. The fourth-order valence-corrected chi connectivity index (χ4v) is 3.56. The molecular weight excluding hydrogens is 376 g/mol. The lowest BCUT2D eigenvalue weighted by Crippen LogP contribution is -2.41. The monoisotopic (exact) mass is 407 g/mol. The van der Waals surface area contributed by atoms with Gasteiger partial charge in [-0.25, -0.2) is 9.18 Å². The second-order valence-corrected chi connectivity index (χ2v) is 9.91. The Hall–Kier alpha value is -1.64. The highest BCUT2D eigenvalue weighted by Crippen LogP contribution is 2.37. The molecule has 8 heteroatoms. The molecule has 0 spiro atoms. The Morgan fingerprint density at radius 1 is 1.24 bits per heavy atom. The number of β-amino-alcohol motifs (C(OH)–C–C–N with tert-alkyl or cyclic N) is 1. The number of aliphatic hydroxyl groups excluding tert-OH is 1. The minimum atomic E-state index is -0.801. The van der Waals surface area contributed by atoms with Crippen LogP contribution in [0.15, 0.2) is 18.2 Å². The molecule has 0 saturated carbocycles. The van der Waals surface area contributed by atoms with Gasteiger partial charge in [0, 0.05) is 5.46 Å². The first-order chi connectivity index (χ1) is 13.2. The van der Waals surface area contributed by atoms with E-state index in [-0.39, 0.29) is 6.54 Å². The van der Waals surface area contributed by atoms with Gasteiger partial charge in [0.1, 0.15) is 11.4 Å². The summed E-state index contributed by atoms with van der Waals surface area (Å²) in [5.74, 6) is -0.466. The lowest BCUT2D eigenvalue weighted by molar-refractivity contribution is 0.00578. The number of ether oxygens (including phenoxy) is 1. The number of nitrogens with zero attached hydrogens (tertiary/aromatic N) is 1. The van der Waals surface area contributed by atoms with Gasteiger partial charge < -0.3 is 19.2 Å². The summed E-state index contributed by atoms with van der Waals surface area (Å²) >= 11 is 0. The number of aliphatic hydroxyl groups is 1. The van der Waals surface area contributed by atoms with Crippen LogP contribution in [-0.2, 0) is 14.0 Å². The first-order valence-electron chi connectivity index (χ1n) is 10.0. The van der Waals surface area contributed by atoms with Crippen LogP contribution >= 0.6 is 0 Å². The van der Waals surface area contributed by atoms with Gasteiger partial charge in [0.15, 0.2) is 0 Å². The summed E-state index contributed by atoms with van der Waals surface area (Å²) in [6.45, 7) is 13.2. The molecule has 0 bridgehead atoms. The Morgan fingerprint density at radius 3 is 2.34 bits per heavy atom. The van der Waals surface area contributed by atoms with Crippen molar-refractivity contribution in [1.29, 1.82) is 0 Å². The van der Waals surface area contributed by atoms with Crippen LogP contribution in [0.1, 0.15) is 66.5 Å². The van der Waals surface area contributed by atoms with Crippen LogP contribution in [0.3, 0.4) is 0 Å². The first-order valence-corrected chi connectivity index (χ1v) is 10.0. The van der Waals surface area contributed by atoms with E-state index < -0.39 is 48.0 Å². The van der Waals surface area contributed by atoms with E-state index in [0.717, 1.165) is 0 Å². The van der Waals surface area contributed by atoms with Gasteiger partial charge in [0.2, 0.25) is 0 Å². The van der Waals surface area contributed by atoms with Crippen LogP contribution in [-0.4, -0.2) is 52.7 Å². The maximum Gasteiger partial charge on any atom is 0.497 e. The van der Waals surface area contributed by atoms with E-state index in [1.54, 1.807) is 32.9 Å². The molecule has 2 fully saturated rings. The number of carbonyl (C=O) groups excluding carboxylic acids is 1. The molecule has 1 aromatic carbocycles. The fourth-order valence-electron chi connectivity index (χ4n) is 3.56. The highest BCUT2D eigenvalue weighted by atomic mass is 19.1. The van der Waals surface area contributed by atoms with Crippen LogP contribution in [0, 0.1) is 5.82 Å². The number of benzene rings is 1. The van der Waals surface area contributed by atoms with Crippen molar-refractivity contribution in [2.24, 2.45) is 0 Å². The molecule has 2 saturated heterocycles. The van der Waals surface area contributed by atoms with Gasteiger partial charge in [-0.3, -0.25) is 4.90 Å². The number of rotatable bonds is 2. The molecule has 3 rings (SSSR count). The standard InChI is InChI=1S/C21H31BFNO5/c1-19(2,3)27-18(26)24-12-14(25)11-17(24)13-8-9-15(16(23)10-13)22-28-20(4,5)21(6,7)29-22/h8-10,14,17,25H,11-12H2,1-7H3/t14-,17-/m1/s1. The molecule has 0 aromatic heterocycles. The summed E-state index contributed by atoms with van der Waals surface area (Å²) in [6, 6.07) is 4.32. The Morgan fingerprint density at radius 2 is 1.83 bits per heavy atom. The summed E-state index contributed by atoms with van der Waals surface area (Å²) in [7, 11) is -0.801. The van der Waals surface area contributed by atoms with Gasteiger partial charge in [-0.1, -0.05) is 12.1 Å². The molecule has 1 amide bonds. The predicted molar refractivity (Wildman–Crippen MR) is 108 cm³/mol. The van der Waals surface area contributed by atoms with Crippen LogP contribution < -0.4 is 5.46 Å². The SMILES string of the molecule is CC(C)(C)OC(=O)N1C[C@H](O)C[C@@H]1c1ccc(B2OC(C)(C)C(C)(C)O2)c(F)c1. The summed E-state index contributed by atoms with van der Waals surface area (Å²) in [6.07, 6.45) is -0.873. The third kappa shape index (κ3) is 4.44.